The van der Waals surface area contributed by atoms with Crippen molar-refractivity contribution in [2.24, 2.45) is 5.92 Å². The Balaban J connectivity index is 1.99. The van der Waals surface area contributed by atoms with E-state index in [2.05, 4.69) is 24.5 Å². The van der Waals surface area contributed by atoms with E-state index in [4.69, 9.17) is 4.74 Å². The topological polar surface area (TPSA) is 70.6 Å². The van der Waals surface area contributed by atoms with Crippen LogP contribution in [0.1, 0.15) is 49.9 Å². The highest BCUT2D eigenvalue weighted by Crippen LogP contribution is 2.20. The number of carbonyl (C=O) groups is 1. The van der Waals surface area contributed by atoms with Crippen molar-refractivity contribution in [1.82, 2.24) is 10.6 Å². The molecule has 1 amide bonds. The van der Waals surface area contributed by atoms with Crippen molar-refractivity contribution >= 4 is 5.91 Å². The molecule has 2 aromatic rings. The second kappa shape index (κ2) is 11.5. The van der Waals surface area contributed by atoms with Gasteiger partial charge in [-0.3, -0.25) is 4.79 Å². The first-order valence-corrected chi connectivity index (χ1v) is 9.95. The van der Waals surface area contributed by atoms with Crippen molar-refractivity contribution in [1.29, 1.82) is 0 Å². The molecule has 5 nitrogen and oxygen atoms in total. The van der Waals surface area contributed by atoms with Gasteiger partial charge in [0.15, 0.2) is 0 Å². The summed E-state index contributed by atoms with van der Waals surface area (Å²) in [7, 11) is 1.75. The van der Waals surface area contributed by atoms with Gasteiger partial charge in [0.1, 0.15) is 11.8 Å². The lowest BCUT2D eigenvalue weighted by atomic mass is 10.0. The highest BCUT2D eigenvalue weighted by Gasteiger charge is 2.22. The second-order valence-electron chi connectivity index (χ2n) is 7.15. The molecule has 152 valence electrons. The lowest BCUT2D eigenvalue weighted by molar-refractivity contribution is -0.124. The number of hydrogen-bond acceptors (Lipinski definition) is 4. The van der Waals surface area contributed by atoms with E-state index in [-0.39, 0.29) is 12.5 Å². The maximum absolute atomic E-state index is 12.7. The van der Waals surface area contributed by atoms with E-state index in [1.165, 1.54) is 0 Å². The first-order valence-electron chi connectivity index (χ1n) is 9.95. The largest absolute Gasteiger partial charge is 0.493 e. The van der Waals surface area contributed by atoms with Crippen molar-refractivity contribution < 1.29 is 14.6 Å². The van der Waals surface area contributed by atoms with Crippen molar-refractivity contribution in [2.45, 2.75) is 38.8 Å². The molecule has 0 aliphatic rings. The Morgan fingerprint density at radius 3 is 2.32 bits per heavy atom. The molecule has 2 aromatic carbocycles. The summed E-state index contributed by atoms with van der Waals surface area (Å²) in [6.07, 6.45) is 2.29. The minimum Gasteiger partial charge on any atom is -0.493 e. The highest BCUT2D eigenvalue weighted by atomic mass is 16.5. The van der Waals surface area contributed by atoms with Crippen LogP contribution in [0, 0.1) is 5.92 Å². The van der Waals surface area contributed by atoms with Gasteiger partial charge in [-0.2, -0.15) is 0 Å². The summed E-state index contributed by atoms with van der Waals surface area (Å²) in [6.45, 7) is 4.87. The van der Waals surface area contributed by atoms with E-state index in [9.17, 15) is 9.90 Å². The number of ether oxygens (including phenoxy) is 1. The number of aliphatic hydroxyl groups is 1. The molecule has 28 heavy (non-hydrogen) atoms. The zero-order valence-electron chi connectivity index (χ0n) is 17.0. The summed E-state index contributed by atoms with van der Waals surface area (Å²) in [5, 5.41) is 15.8. The smallest absolute Gasteiger partial charge is 0.242 e. The number of likely N-dealkylation sites (N-methyl/N-ethyl adjacent to an activating group) is 1. The van der Waals surface area contributed by atoms with Gasteiger partial charge in [0, 0.05) is 0 Å². The maximum atomic E-state index is 12.7. The summed E-state index contributed by atoms with van der Waals surface area (Å²) in [5.41, 5.74) is 1.72. The van der Waals surface area contributed by atoms with Gasteiger partial charge in [0.2, 0.25) is 5.91 Å². The average Bonchev–Trinajstić information content (AvgIpc) is 2.72. The molecule has 1 unspecified atom stereocenters. The molecule has 0 heterocycles. The Kier molecular flexibility index (Phi) is 8.98. The number of rotatable bonds is 11. The van der Waals surface area contributed by atoms with Crippen LogP contribution in [0.2, 0.25) is 0 Å². The van der Waals surface area contributed by atoms with E-state index < -0.39 is 12.1 Å². The highest BCUT2D eigenvalue weighted by molar-refractivity contribution is 5.83. The fourth-order valence-electron chi connectivity index (χ4n) is 3.20. The van der Waals surface area contributed by atoms with Crippen molar-refractivity contribution in [3.05, 3.63) is 65.7 Å². The molecule has 0 aliphatic heterocycles. The minimum absolute atomic E-state index is 0.176. The van der Waals surface area contributed by atoms with Crippen molar-refractivity contribution in [3.8, 4) is 5.75 Å². The quantitative estimate of drug-likeness (QED) is 0.553. The Morgan fingerprint density at radius 1 is 1.07 bits per heavy atom. The van der Waals surface area contributed by atoms with E-state index in [0.717, 1.165) is 29.7 Å². The van der Waals surface area contributed by atoms with Crippen LogP contribution in [0.15, 0.2) is 54.6 Å². The van der Waals surface area contributed by atoms with E-state index in [1.54, 1.807) is 7.05 Å². The van der Waals surface area contributed by atoms with Gasteiger partial charge in [0.25, 0.3) is 0 Å². The van der Waals surface area contributed by atoms with Crippen LogP contribution in [0.5, 0.6) is 5.75 Å². The van der Waals surface area contributed by atoms with Gasteiger partial charge >= 0.3 is 0 Å². The second-order valence-corrected chi connectivity index (χ2v) is 7.15. The van der Waals surface area contributed by atoms with Gasteiger partial charge in [-0.1, -0.05) is 62.7 Å². The fraction of sp³-hybridized carbons (Fsp3) is 0.435. The molecule has 0 aliphatic carbocycles. The SMILES string of the molecule is CCCC(C)COc1ccc([C@H](CO)NC(=O)[C@@H](NC)c2ccccc2)cc1. The molecule has 0 aromatic heterocycles. The molecule has 0 spiro atoms. The van der Waals surface area contributed by atoms with Crippen LogP contribution in [0.25, 0.3) is 0 Å². The predicted octanol–water partition coefficient (Wildman–Crippen LogP) is 3.61. The molecule has 0 bridgehead atoms. The van der Waals surface area contributed by atoms with Crippen LogP contribution >= 0.6 is 0 Å². The average molecular weight is 385 g/mol. The normalized spacial score (nSPS) is 14.1. The Hall–Kier alpha value is -2.37. The van der Waals surface area contributed by atoms with Crippen molar-refractivity contribution in [3.63, 3.8) is 0 Å². The van der Waals surface area contributed by atoms with Crippen molar-refractivity contribution in [2.75, 3.05) is 20.3 Å². The third-order valence-electron chi connectivity index (χ3n) is 4.78. The lowest BCUT2D eigenvalue weighted by Gasteiger charge is -2.22. The molecule has 0 saturated heterocycles. The molecule has 0 fully saturated rings. The number of aliphatic hydroxyl groups excluding tert-OH is 1. The van der Waals surface area contributed by atoms with Gasteiger partial charge in [0.05, 0.1) is 19.3 Å². The zero-order chi connectivity index (χ0) is 20.4. The van der Waals surface area contributed by atoms with Crippen LogP contribution < -0.4 is 15.4 Å². The van der Waals surface area contributed by atoms with Gasteiger partial charge < -0.3 is 20.5 Å². The maximum Gasteiger partial charge on any atom is 0.242 e. The van der Waals surface area contributed by atoms with Crippen LogP contribution in [-0.2, 0) is 4.79 Å². The minimum atomic E-state index is -0.474. The third kappa shape index (κ3) is 6.36. The molecule has 0 radical (unpaired) electrons. The summed E-state index contributed by atoms with van der Waals surface area (Å²) in [6, 6.07) is 16.1. The standard InChI is InChI=1S/C23H32N2O3/c1-4-8-17(2)16-28-20-13-11-18(12-14-20)21(15-26)25-23(27)22(24-3)19-9-6-5-7-10-19/h5-7,9-14,17,21-22,24,26H,4,8,15-16H2,1-3H3,(H,25,27)/t17?,21-,22-/m0/s1. The number of benzene rings is 2. The predicted molar refractivity (Wildman–Crippen MR) is 112 cm³/mol. The Morgan fingerprint density at radius 2 is 1.75 bits per heavy atom. The number of amides is 1. The van der Waals surface area contributed by atoms with E-state index in [0.29, 0.717) is 12.5 Å². The van der Waals surface area contributed by atoms with Crippen LogP contribution in [0.3, 0.4) is 0 Å². The summed E-state index contributed by atoms with van der Waals surface area (Å²) in [5.74, 6) is 1.14. The number of hydrogen-bond donors (Lipinski definition) is 3. The molecule has 5 heteroatoms. The Labute approximate surface area is 168 Å². The Bertz CT molecular complexity index is 704. The molecular weight excluding hydrogens is 352 g/mol. The number of carbonyl (C=O) groups excluding carboxylic acids is 1. The summed E-state index contributed by atoms with van der Waals surface area (Å²) in [4.78, 5) is 12.7. The monoisotopic (exact) mass is 384 g/mol. The van der Waals surface area contributed by atoms with Gasteiger partial charge in [-0.25, -0.2) is 0 Å². The molecular formula is C23H32N2O3. The lowest BCUT2D eigenvalue weighted by Crippen LogP contribution is -2.39. The molecule has 3 atom stereocenters. The molecule has 3 N–H and O–H groups in total. The fourth-order valence-corrected chi connectivity index (χ4v) is 3.20. The molecule has 2 rings (SSSR count). The van der Waals surface area contributed by atoms with Gasteiger partial charge in [-0.05, 0) is 42.6 Å². The van der Waals surface area contributed by atoms with Gasteiger partial charge in [-0.15, -0.1) is 0 Å². The molecule has 0 saturated carbocycles. The third-order valence-corrected chi connectivity index (χ3v) is 4.78. The van der Waals surface area contributed by atoms with Crippen LogP contribution in [0.4, 0.5) is 0 Å². The number of nitrogens with one attached hydrogen (secondary N) is 2. The summed E-state index contributed by atoms with van der Waals surface area (Å²) < 4.78 is 5.82. The first kappa shape index (κ1) is 21.9. The van der Waals surface area contributed by atoms with E-state index >= 15 is 0 Å². The van der Waals surface area contributed by atoms with Crippen LogP contribution in [-0.4, -0.2) is 31.3 Å². The summed E-state index contributed by atoms with van der Waals surface area (Å²) >= 11 is 0. The van der Waals surface area contributed by atoms with E-state index in [1.807, 2.05) is 54.6 Å². The zero-order valence-corrected chi connectivity index (χ0v) is 17.0. The first-order chi connectivity index (χ1) is 13.6.